The van der Waals surface area contributed by atoms with Crippen molar-refractivity contribution < 1.29 is 23.1 Å². The summed E-state index contributed by atoms with van der Waals surface area (Å²) >= 11 is 5.59. The van der Waals surface area contributed by atoms with Crippen molar-refractivity contribution in [2.75, 3.05) is 12.4 Å². The maximum absolute atomic E-state index is 13.3. The van der Waals surface area contributed by atoms with Gasteiger partial charge in [0.1, 0.15) is 23.4 Å². The minimum Gasteiger partial charge on any atom is -0.497 e. The molecule has 1 aromatic heterocycles. The zero-order valence-electron chi connectivity index (χ0n) is 17.9. The van der Waals surface area contributed by atoms with Crippen molar-refractivity contribution in [1.29, 1.82) is 0 Å². The van der Waals surface area contributed by atoms with Gasteiger partial charge in [-0.15, -0.1) is 0 Å². The topological polar surface area (TPSA) is 75.0 Å². The van der Waals surface area contributed by atoms with Crippen molar-refractivity contribution in [1.82, 2.24) is 9.80 Å². The Balaban J connectivity index is 1.51. The summed E-state index contributed by atoms with van der Waals surface area (Å²) in [7, 11) is 1.56. The molecule has 3 aromatic rings. The quantitative estimate of drug-likeness (QED) is 0.506. The van der Waals surface area contributed by atoms with Gasteiger partial charge in [-0.1, -0.05) is 12.1 Å². The highest BCUT2D eigenvalue weighted by Crippen LogP contribution is 2.26. The van der Waals surface area contributed by atoms with Crippen LogP contribution in [0.25, 0.3) is 0 Å². The van der Waals surface area contributed by atoms with Crippen LogP contribution in [0.15, 0.2) is 71.3 Å². The van der Waals surface area contributed by atoms with Crippen LogP contribution in [0.2, 0.25) is 0 Å². The number of methoxy groups -OCH3 is 1. The first-order valence-electron chi connectivity index (χ1n) is 10.3. The van der Waals surface area contributed by atoms with Gasteiger partial charge in [0.05, 0.1) is 32.9 Å². The molecular weight excluding hydrogens is 445 g/mol. The second kappa shape index (κ2) is 9.83. The molecule has 1 saturated heterocycles. The number of hydrogen-bond donors (Lipinski definition) is 1. The number of carbonyl (C=O) groups excluding carboxylic acids is 2. The van der Waals surface area contributed by atoms with E-state index in [4.69, 9.17) is 21.4 Å². The second-order valence-electron chi connectivity index (χ2n) is 7.54. The highest BCUT2D eigenvalue weighted by Gasteiger charge is 2.43. The average molecular weight is 468 g/mol. The summed E-state index contributed by atoms with van der Waals surface area (Å²) in [6.45, 7) is 0.432. The summed E-state index contributed by atoms with van der Waals surface area (Å²) in [4.78, 5) is 29.2. The van der Waals surface area contributed by atoms with Crippen molar-refractivity contribution in [2.24, 2.45) is 0 Å². The zero-order valence-corrected chi connectivity index (χ0v) is 18.7. The molecule has 2 heterocycles. The Morgan fingerprint density at radius 2 is 1.85 bits per heavy atom. The molecule has 0 saturated carbocycles. The van der Waals surface area contributed by atoms with Gasteiger partial charge < -0.3 is 19.4 Å². The summed E-state index contributed by atoms with van der Waals surface area (Å²) in [6, 6.07) is 15.5. The summed E-state index contributed by atoms with van der Waals surface area (Å²) in [5, 5.41) is 3.10. The number of amides is 2. The van der Waals surface area contributed by atoms with Crippen molar-refractivity contribution in [2.45, 2.75) is 25.6 Å². The van der Waals surface area contributed by atoms with E-state index in [0.717, 1.165) is 5.56 Å². The molecule has 1 fully saturated rings. The number of anilines is 1. The molecule has 7 nitrogen and oxygen atoms in total. The van der Waals surface area contributed by atoms with Crippen LogP contribution in [0.4, 0.5) is 10.1 Å². The van der Waals surface area contributed by atoms with Gasteiger partial charge in [0, 0.05) is 5.69 Å². The van der Waals surface area contributed by atoms with Crippen LogP contribution in [0.3, 0.4) is 0 Å². The molecule has 2 aromatic carbocycles. The number of nitrogens with zero attached hydrogens (tertiary/aromatic N) is 2. The van der Waals surface area contributed by atoms with E-state index in [0.29, 0.717) is 22.3 Å². The SMILES string of the molecule is COc1ccc(NC(=O)C[C@H]2C(=O)N(Cc3ccc(F)cc3)C(=S)N2Cc2ccco2)cc1. The molecule has 9 heteroatoms. The molecule has 1 aliphatic rings. The van der Waals surface area contributed by atoms with Crippen LogP contribution < -0.4 is 10.1 Å². The van der Waals surface area contributed by atoms with Crippen LogP contribution in [-0.4, -0.2) is 39.9 Å². The molecule has 0 radical (unpaired) electrons. The van der Waals surface area contributed by atoms with Gasteiger partial charge in [-0.3, -0.25) is 14.5 Å². The monoisotopic (exact) mass is 467 g/mol. The third-order valence-electron chi connectivity index (χ3n) is 5.32. The minimum atomic E-state index is -0.790. The van der Waals surface area contributed by atoms with Gasteiger partial charge in [0.25, 0.3) is 5.91 Å². The van der Waals surface area contributed by atoms with E-state index >= 15 is 0 Å². The molecule has 1 N–H and O–H groups in total. The van der Waals surface area contributed by atoms with Gasteiger partial charge in [-0.25, -0.2) is 4.39 Å². The van der Waals surface area contributed by atoms with Gasteiger partial charge in [0.2, 0.25) is 5.91 Å². The van der Waals surface area contributed by atoms with Crippen molar-refractivity contribution in [3.8, 4) is 5.75 Å². The standard InChI is InChI=1S/C24H22FN3O4S/c1-31-19-10-8-18(9-11-19)26-22(29)13-21-23(30)28(14-16-4-6-17(25)7-5-16)24(33)27(21)15-20-3-2-12-32-20/h2-12,21H,13-15H2,1H3,(H,26,29)/t21-/m0/s1. The maximum Gasteiger partial charge on any atom is 0.252 e. The molecule has 0 spiro atoms. The molecule has 170 valence electrons. The van der Waals surface area contributed by atoms with Crippen LogP contribution in [0, 0.1) is 5.82 Å². The summed E-state index contributed by atoms with van der Waals surface area (Å²) < 4.78 is 23.8. The number of carbonyl (C=O) groups is 2. The number of nitrogens with one attached hydrogen (secondary N) is 1. The largest absolute Gasteiger partial charge is 0.497 e. The van der Waals surface area contributed by atoms with Crippen LogP contribution in [0.1, 0.15) is 17.7 Å². The Labute approximate surface area is 195 Å². The first kappa shape index (κ1) is 22.5. The lowest BCUT2D eigenvalue weighted by Gasteiger charge is -2.22. The molecular formula is C24H22FN3O4S. The average Bonchev–Trinajstić information content (AvgIpc) is 3.40. The number of thiocarbonyl (C=S) groups is 1. The summed E-state index contributed by atoms with van der Waals surface area (Å²) in [5.41, 5.74) is 1.32. The predicted octanol–water partition coefficient (Wildman–Crippen LogP) is 3.95. The number of furan rings is 1. The third kappa shape index (κ3) is 5.20. The van der Waals surface area contributed by atoms with Gasteiger partial charge >= 0.3 is 0 Å². The molecule has 1 atom stereocenters. The second-order valence-corrected chi connectivity index (χ2v) is 7.90. The smallest absolute Gasteiger partial charge is 0.252 e. The van der Waals surface area contributed by atoms with Gasteiger partial charge in [0.15, 0.2) is 5.11 Å². The fourth-order valence-electron chi connectivity index (χ4n) is 3.62. The van der Waals surface area contributed by atoms with Crippen molar-refractivity contribution in [3.05, 3.63) is 84.1 Å². The molecule has 33 heavy (non-hydrogen) atoms. The first-order valence-corrected chi connectivity index (χ1v) is 10.7. The normalized spacial score (nSPS) is 15.8. The Bertz CT molecular complexity index is 1130. The van der Waals surface area contributed by atoms with E-state index in [1.165, 1.54) is 23.3 Å². The van der Waals surface area contributed by atoms with E-state index in [-0.39, 0.29) is 37.1 Å². The predicted molar refractivity (Wildman–Crippen MR) is 124 cm³/mol. The fraction of sp³-hybridized carbons (Fsp3) is 0.208. The highest BCUT2D eigenvalue weighted by molar-refractivity contribution is 7.80. The van der Waals surface area contributed by atoms with E-state index in [9.17, 15) is 14.0 Å². The van der Waals surface area contributed by atoms with Crippen LogP contribution in [-0.2, 0) is 22.7 Å². The van der Waals surface area contributed by atoms with Crippen LogP contribution >= 0.6 is 12.2 Å². The van der Waals surface area contributed by atoms with Crippen molar-refractivity contribution >= 4 is 34.8 Å². The summed E-state index contributed by atoms with van der Waals surface area (Å²) in [6.07, 6.45) is 1.45. The molecule has 2 amide bonds. The Morgan fingerprint density at radius 1 is 1.12 bits per heavy atom. The molecule has 0 aliphatic carbocycles. The number of ether oxygens (including phenoxy) is 1. The lowest BCUT2D eigenvalue weighted by molar-refractivity contribution is -0.131. The molecule has 0 unspecified atom stereocenters. The number of benzene rings is 2. The lowest BCUT2D eigenvalue weighted by atomic mass is 10.1. The number of rotatable bonds is 8. The maximum atomic E-state index is 13.3. The lowest BCUT2D eigenvalue weighted by Crippen LogP contribution is -2.37. The molecule has 0 bridgehead atoms. The van der Waals surface area contributed by atoms with Gasteiger partial charge in [-0.2, -0.15) is 0 Å². The van der Waals surface area contributed by atoms with E-state index in [1.54, 1.807) is 60.5 Å². The van der Waals surface area contributed by atoms with Crippen LogP contribution in [0.5, 0.6) is 5.75 Å². The Kier molecular flexibility index (Phi) is 6.69. The van der Waals surface area contributed by atoms with Gasteiger partial charge in [-0.05, 0) is 66.3 Å². The number of halogens is 1. The fourth-order valence-corrected chi connectivity index (χ4v) is 3.97. The minimum absolute atomic E-state index is 0.0916. The zero-order chi connectivity index (χ0) is 23.4. The molecule has 1 aliphatic heterocycles. The van der Waals surface area contributed by atoms with Crippen molar-refractivity contribution in [3.63, 3.8) is 0 Å². The Morgan fingerprint density at radius 3 is 2.48 bits per heavy atom. The molecule has 4 rings (SSSR count). The van der Waals surface area contributed by atoms with E-state index in [2.05, 4.69) is 5.32 Å². The third-order valence-corrected chi connectivity index (χ3v) is 5.77. The number of hydrogen-bond acceptors (Lipinski definition) is 5. The Hall–Kier alpha value is -3.72. The first-order chi connectivity index (χ1) is 15.9. The van der Waals surface area contributed by atoms with E-state index < -0.39 is 6.04 Å². The highest BCUT2D eigenvalue weighted by atomic mass is 32.1. The van der Waals surface area contributed by atoms with E-state index in [1.807, 2.05) is 0 Å². The summed E-state index contributed by atoms with van der Waals surface area (Å²) in [5.74, 6) is 0.316.